The molecule has 162 valence electrons. The van der Waals surface area contributed by atoms with E-state index in [2.05, 4.69) is 49.8 Å². The first-order valence-electron chi connectivity index (χ1n) is 11.0. The first kappa shape index (κ1) is 20.6. The van der Waals surface area contributed by atoms with Gasteiger partial charge in [-0.05, 0) is 59.0 Å². The maximum absolute atomic E-state index is 11.1. The Labute approximate surface area is 187 Å². The highest BCUT2D eigenvalue weighted by molar-refractivity contribution is 7.07. The minimum atomic E-state index is -0.755. The van der Waals surface area contributed by atoms with Crippen molar-refractivity contribution in [2.75, 3.05) is 26.2 Å². The lowest BCUT2D eigenvalue weighted by Crippen LogP contribution is -2.42. The summed E-state index contributed by atoms with van der Waals surface area (Å²) in [5.74, 6) is 1.01. The number of rotatable bonds is 5. The van der Waals surface area contributed by atoms with Gasteiger partial charge in [0.1, 0.15) is 12.4 Å². The van der Waals surface area contributed by atoms with E-state index in [9.17, 15) is 5.11 Å². The molecule has 31 heavy (non-hydrogen) atoms. The van der Waals surface area contributed by atoms with Crippen molar-refractivity contribution in [2.24, 2.45) is 0 Å². The molecule has 1 aromatic carbocycles. The van der Waals surface area contributed by atoms with Crippen LogP contribution in [0.15, 0.2) is 59.6 Å². The maximum atomic E-state index is 11.1. The van der Waals surface area contributed by atoms with Crippen molar-refractivity contribution in [1.82, 2.24) is 14.8 Å². The molecule has 5 nitrogen and oxygen atoms in total. The summed E-state index contributed by atoms with van der Waals surface area (Å²) in [5.41, 5.74) is 4.14. The number of aromatic nitrogens is 1. The number of pyridine rings is 1. The Bertz CT molecular complexity index is 985. The molecule has 3 aromatic rings. The van der Waals surface area contributed by atoms with Gasteiger partial charge in [-0.2, -0.15) is 11.3 Å². The van der Waals surface area contributed by atoms with Gasteiger partial charge in [-0.3, -0.25) is 14.8 Å². The molecule has 4 heterocycles. The van der Waals surface area contributed by atoms with Crippen LogP contribution in [-0.4, -0.2) is 46.1 Å². The topological polar surface area (TPSA) is 48.8 Å². The molecule has 2 aliphatic heterocycles. The zero-order valence-electron chi connectivity index (χ0n) is 17.7. The summed E-state index contributed by atoms with van der Waals surface area (Å²) in [5, 5.41) is 15.4. The van der Waals surface area contributed by atoms with Crippen LogP contribution in [0.3, 0.4) is 0 Å². The summed E-state index contributed by atoms with van der Waals surface area (Å²) in [6.07, 6.45) is 5.03. The van der Waals surface area contributed by atoms with Crippen LogP contribution in [0.4, 0.5) is 0 Å². The Morgan fingerprint density at radius 2 is 1.90 bits per heavy atom. The van der Waals surface area contributed by atoms with Crippen LogP contribution in [0.1, 0.15) is 35.1 Å². The van der Waals surface area contributed by atoms with Crippen molar-refractivity contribution in [3.8, 4) is 5.75 Å². The molecule has 5 rings (SSSR count). The van der Waals surface area contributed by atoms with Gasteiger partial charge in [-0.15, -0.1) is 0 Å². The summed E-state index contributed by atoms with van der Waals surface area (Å²) in [6.45, 7) is 6.22. The highest BCUT2D eigenvalue weighted by Gasteiger charge is 2.34. The molecular weight excluding hydrogens is 406 g/mol. The van der Waals surface area contributed by atoms with Crippen molar-refractivity contribution in [3.63, 3.8) is 0 Å². The molecule has 1 N–H and O–H groups in total. The van der Waals surface area contributed by atoms with Crippen molar-refractivity contribution >= 4 is 11.3 Å². The second-order valence-corrected chi connectivity index (χ2v) is 9.46. The van der Waals surface area contributed by atoms with Crippen molar-refractivity contribution in [3.05, 3.63) is 81.8 Å². The molecule has 0 aliphatic carbocycles. The van der Waals surface area contributed by atoms with E-state index in [1.165, 1.54) is 16.7 Å². The molecule has 1 saturated heterocycles. The Kier molecular flexibility index (Phi) is 6.05. The molecule has 0 amide bonds. The highest BCUT2D eigenvalue weighted by Crippen LogP contribution is 2.33. The Morgan fingerprint density at radius 1 is 1.03 bits per heavy atom. The zero-order valence-corrected chi connectivity index (χ0v) is 18.6. The van der Waals surface area contributed by atoms with Crippen LogP contribution in [0, 0.1) is 0 Å². The standard InChI is InChI=1S/C25H29N3O2S/c29-25(23-2-1-8-26-15-23)6-9-27(10-7-25)16-20-3-4-24-22(14-20)18-28(11-12-30-24)17-21-5-13-31-19-21/h1-5,8,13-15,19,29H,6-7,9-12,16-18H2. The van der Waals surface area contributed by atoms with Crippen LogP contribution in [0.5, 0.6) is 5.75 Å². The molecule has 0 spiro atoms. The van der Waals surface area contributed by atoms with Crippen LogP contribution in [0.25, 0.3) is 0 Å². The lowest BCUT2D eigenvalue weighted by atomic mass is 9.85. The van der Waals surface area contributed by atoms with Gasteiger partial charge in [0.25, 0.3) is 0 Å². The summed E-state index contributed by atoms with van der Waals surface area (Å²) in [7, 11) is 0. The SMILES string of the molecule is OC1(c2cccnc2)CCN(Cc2ccc3c(c2)CN(Cc2ccsc2)CCO3)CC1. The normalized spacial score (nSPS) is 19.4. The second-order valence-electron chi connectivity index (χ2n) is 8.68. The number of fused-ring (bicyclic) bond motifs is 1. The number of piperidine rings is 1. The van der Waals surface area contributed by atoms with Crippen molar-refractivity contribution in [2.45, 2.75) is 38.1 Å². The van der Waals surface area contributed by atoms with Gasteiger partial charge in [-0.1, -0.05) is 12.1 Å². The van der Waals surface area contributed by atoms with E-state index in [1.54, 1.807) is 23.7 Å². The van der Waals surface area contributed by atoms with Gasteiger partial charge in [0.2, 0.25) is 0 Å². The Hall–Kier alpha value is -2.25. The lowest BCUT2D eigenvalue weighted by Gasteiger charge is -2.38. The van der Waals surface area contributed by atoms with Gasteiger partial charge in [0.15, 0.2) is 0 Å². The van der Waals surface area contributed by atoms with E-state index in [-0.39, 0.29) is 0 Å². The summed E-state index contributed by atoms with van der Waals surface area (Å²) in [4.78, 5) is 9.08. The van der Waals surface area contributed by atoms with Crippen LogP contribution in [0.2, 0.25) is 0 Å². The van der Waals surface area contributed by atoms with Gasteiger partial charge >= 0.3 is 0 Å². The van der Waals surface area contributed by atoms with Crippen LogP contribution < -0.4 is 4.74 Å². The van der Waals surface area contributed by atoms with E-state index < -0.39 is 5.60 Å². The average Bonchev–Trinajstić information content (AvgIpc) is 3.22. The number of hydrogen-bond acceptors (Lipinski definition) is 6. The quantitative estimate of drug-likeness (QED) is 0.656. The molecule has 6 heteroatoms. The molecule has 2 aromatic heterocycles. The predicted octanol–water partition coefficient (Wildman–Crippen LogP) is 4.02. The number of nitrogens with zero attached hydrogens (tertiary/aromatic N) is 3. The lowest BCUT2D eigenvalue weighted by molar-refractivity contribution is -0.0279. The van der Waals surface area contributed by atoms with E-state index in [4.69, 9.17) is 4.74 Å². The molecule has 0 unspecified atom stereocenters. The average molecular weight is 436 g/mol. The first-order valence-corrected chi connectivity index (χ1v) is 12.0. The number of likely N-dealkylation sites (tertiary alicyclic amines) is 1. The Balaban J connectivity index is 1.23. The minimum absolute atomic E-state index is 0.732. The molecule has 0 radical (unpaired) electrons. The van der Waals surface area contributed by atoms with Gasteiger partial charge < -0.3 is 9.84 Å². The highest BCUT2D eigenvalue weighted by atomic mass is 32.1. The zero-order chi connectivity index (χ0) is 21.1. The maximum Gasteiger partial charge on any atom is 0.123 e. The smallest absolute Gasteiger partial charge is 0.123 e. The second kappa shape index (κ2) is 9.09. The summed E-state index contributed by atoms with van der Waals surface area (Å²) >= 11 is 1.75. The number of hydrogen-bond donors (Lipinski definition) is 1. The third kappa shape index (κ3) is 4.83. The van der Waals surface area contributed by atoms with Gasteiger partial charge in [0.05, 0.1) is 5.60 Å². The van der Waals surface area contributed by atoms with Crippen molar-refractivity contribution in [1.29, 1.82) is 0 Å². The van der Waals surface area contributed by atoms with E-state index in [0.29, 0.717) is 0 Å². The number of aliphatic hydroxyl groups is 1. The molecule has 0 atom stereocenters. The fraction of sp³-hybridized carbons (Fsp3) is 0.400. The fourth-order valence-electron chi connectivity index (χ4n) is 4.64. The summed E-state index contributed by atoms with van der Waals surface area (Å²) in [6, 6.07) is 12.7. The minimum Gasteiger partial charge on any atom is -0.492 e. The number of ether oxygens (including phenoxy) is 1. The molecule has 1 fully saturated rings. The van der Waals surface area contributed by atoms with Gasteiger partial charge in [-0.25, -0.2) is 0 Å². The number of thiophene rings is 1. The monoisotopic (exact) mass is 435 g/mol. The largest absolute Gasteiger partial charge is 0.492 e. The first-order chi connectivity index (χ1) is 15.2. The fourth-order valence-corrected chi connectivity index (χ4v) is 5.30. The molecule has 2 aliphatic rings. The third-order valence-electron chi connectivity index (χ3n) is 6.46. The van der Waals surface area contributed by atoms with E-state index in [0.717, 1.165) is 70.0 Å². The predicted molar refractivity (Wildman–Crippen MR) is 123 cm³/mol. The Morgan fingerprint density at radius 3 is 2.68 bits per heavy atom. The van der Waals surface area contributed by atoms with E-state index >= 15 is 0 Å². The molecule has 0 saturated carbocycles. The number of benzene rings is 1. The molecule has 0 bridgehead atoms. The van der Waals surface area contributed by atoms with Crippen LogP contribution in [-0.2, 0) is 25.2 Å². The van der Waals surface area contributed by atoms with E-state index in [1.807, 2.05) is 12.1 Å². The van der Waals surface area contributed by atoms with Crippen LogP contribution >= 0.6 is 11.3 Å². The van der Waals surface area contributed by atoms with Crippen molar-refractivity contribution < 1.29 is 9.84 Å². The third-order valence-corrected chi connectivity index (χ3v) is 7.19. The summed E-state index contributed by atoms with van der Waals surface area (Å²) < 4.78 is 6.03. The molecular formula is C25H29N3O2S. The van der Waals surface area contributed by atoms with Gasteiger partial charge in [0, 0.05) is 62.8 Å².